The number of benzene rings is 2. The van der Waals surface area contributed by atoms with Crippen LogP contribution < -0.4 is 20.9 Å². The summed E-state index contributed by atoms with van der Waals surface area (Å²) in [4.78, 5) is 27.1. The number of anilines is 4. The summed E-state index contributed by atoms with van der Waals surface area (Å²) in [6.07, 6.45) is 3.54. The van der Waals surface area contributed by atoms with Crippen molar-refractivity contribution in [1.29, 1.82) is 0 Å². The molecule has 4 rings (SSSR count). The lowest BCUT2D eigenvalue weighted by Gasteiger charge is -2.32. The van der Waals surface area contributed by atoms with E-state index in [1.165, 1.54) is 6.33 Å². The lowest BCUT2D eigenvalue weighted by atomic mass is 10.0. The van der Waals surface area contributed by atoms with Crippen LogP contribution in [0.1, 0.15) is 23.2 Å². The Hall–Kier alpha value is -3.68. The standard InChI is InChI=1S/C22H25N7O/c1-23-20(30)16-6-5-9-19(14-16)27-21-24-15-25-22(28-21)29-12-10-18(11-13-29)26-17-7-3-2-4-8-17/h2-9,14-15,18,26H,10-13H2,1H3,(H,23,30)(H,24,25,27,28). The fourth-order valence-corrected chi connectivity index (χ4v) is 3.51. The van der Waals surface area contributed by atoms with Crippen molar-refractivity contribution >= 4 is 29.2 Å². The van der Waals surface area contributed by atoms with Gasteiger partial charge in [-0.2, -0.15) is 4.98 Å². The molecule has 1 amide bonds. The second-order valence-corrected chi connectivity index (χ2v) is 7.17. The van der Waals surface area contributed by atoms with Crippen molar-refractivity contribution < 1.29 is 4.79 Å². The molecule has 0 aliphatic carbocycles. The van der Waals surface area contributed by atoms with Crippen molar-refractivity contribution in [2.45, 2.75) is 18.9 Å². The molecule has 1 fully saturated rings. The molecule has 1 aliphatic rings. The maximum absolute atomic E-state index is 11.8. The number of para-hydroxylation sites is 1. The van der Waals surface area contributed by atoms with Gasteiger partial charge in [0.25, 0.3) is 5.91 Å². The lowest BCUT2D eigenvalue weighted by Crippen LogP contribution is -2.40. The molecule has 0 unspecified atom stereocenters. The summed E-state index contributed by atoms with van der Waals surface area (Å²) in [6.45, 7) is 1.75. The van der Waals surface area contributed by atoms with Crippen LogP contribution in [-0.4, -0.2) is 47.0 Å². The molecule has 3 aromatic rings. The average molecular weight is 403 g/mol. The highest BCUT2D eigenvalue weighted by Crippen LogP contribution is 2.21. The van der Waals surface area contributed by atoms with Crippen LogP contribution in [0.4, 0.5) is 23.3 Å². The Morgan fingerprint density at radius 3 is 2.53 bits per heavy atom. The number of carbonyl (C=O) groups is 1. The van der Waals surface area contributed by atoms with E-state index in [9.17, 15) is 4.79 Å². The predicted octanol–water partition coefficient (Wildman–Crippen LogP) is 3.06. The van der Waals surface area contributed by atoms with Crippen LogP contribution in [0, 0.1) is 0 Å². The summed E-state index contributed by atoms with van der Waals surface area (Å²) < 4.78 is 0. The van der Waals surface area contributed by atoms with E-state index in [1.54, 1.807) is 19.2 Å². The molecule has 0 saturated carbocycles. The molecular formula is C22H25N7O. The van der Waals surface area contributed by atoms with E-state index in [2.05, 4.69) is 47.9 Å². The van der Waals surface area contributed by atoms with Crippen LogP contribution in [0.15, 0.2) is 60.9 Å². The van der Waals surface area contributed by atoms with Gasteiger partial charge in [-0.15, -0.1) is 0 Å². The Morgan fingerprint density at radius 2 is 1.77 bits per heavy atom. The van der Waals surface area contributed by atoms with E-state index < -0.39 is 0 Å². The summed E-state index contributed by atoms with van der Waals surface area (Å²) in [5.74, 6) is 0.980. The van der Waals surface area contributed by atoms with Gasteiger partial charge in [0.05, 0.1) is 0 Å². The van der Waals surface area contributed by atoms with Crippen LogP contribution >= 0.6 is 0 Å². The monoisotopic (exact) mass is 403 g/mol. The normalized spacial score (nSPS) is 14.2. The summed E-state index contributed by atoms with van der Waals surface area (Å²) in [5, 5.41) is 9.38. The zero-order valence-electron chi connectivity index (χ0n) is 16.9. The maximum Gasteiger partial charge on any atom is 0.251 e. The zero-order valence-corrected chi connectivity index (χ0v) is 16.9. The molecule has 2 heterocycles. The lowest BCUT2D eigenvalue weighted by molar-refractivity contribution is 0.0963. The largest absolute Gasteiger partial charge is 0.382 e. The molecule has 0 atom stereocenters. The zero-order chi connectivity index (χ0) is 20.8. The number of hydrogen-bond acceptors (Lipinski definition) is 7. The van der Waals surface area contributed by atoms with Gasteiger partial charge in [-0.3, -0.25) is 4.79 Å². The Bertz CT molecular complexity index is 988. The molecule has 1 saturated heterocycles. The topological polar surface area (TPSA) is 95.1 Å². The average Bonchev–Trinajstić information content (AvgIpc) is 2.80. The minimum atomic E-state index is -0.137. The van der Waals surface area contributed by atoms with Gasteiger partial charge in [0.1, 0.15) is 6.33 Å². The van der Waals surface area contributed by atoms with Crippen molar-refractivity contribution in [3.8, 4) is 0 Å². The van der Waals surface area contributed by atoms with Gasteiger partial charge < -0.3 is 20.9 Å². The van der Waals surface area contributed by atoms with E-state index in [0.29, 0.717) is 23.5 Å². The number of hydrogen-bond donors (Lipinski definition) is 3. The predicted molar refractivity (Wildman–Crippen MR) is 118 cm³/mol. The van der Waals surface area contributed by atoms with Crippen LogP contribution in [-0.2, 0) is 0 Å². The van der Waals surface area contributed by atoms with E-state index in [-0.39, 0.29) is 5.91 Å². The van der Waals surface area contributed by atoms with Crippen molar-refractivity contribution in [2.24, 2.45) is 0 Å². The van der Waals surface area contributed by atoms with Gasteiger partial charge in [0.2, 0.25) is 11.9 Å². The summed E-state index contributed by atoms with van der Waals surface area (Å²) in [5.41, 5.74) is 2.48. The van der Waals surface area contributed by atoms with Crippen molar-refractivity contribution in [1.82, 2.24) is 20.3 Å². The third-order valence-corrected chi connectivity index (χ3v) is 5.09. The number of nitrogens with zero attached hydrogens (tertiary/aromatic N) is 4. The first-order valence-electron chi connectivity index (χ1n) is 10.1. The third kappa shape index (κ3) is 4.83. The van der Waals surface area contributed by atoms with Gasteiger partial charge >= 0.3 is 0 Å². The van der Waals surface area contributed by atoms with Crippen LogP contribution in [0.2, 0.25) is 0 Å². The van der Waals surface area contributed by atoms with Crippen LogP contribution in [0.3, 0.4) is 0 Å². The molecule has 0 radical (unpaired) electrons. The summed E-state index contributed by atoms with van der Waals surface area (Å²) in [7, 11) is 1.61. The van der Waals surface area contributed by atoms with E-state index >= 15 is 0 Å². The van der Waals surface area contributed by atoms with Gasteiger partial charge in [-0.1, -0.05) is 24.3 Å². The summed E-state index contributed by atoms with van der Waals surface area (Å²) >= 11 is 0. The Morgan fingerprint density at radius 1 is 1.00 bits per heavy atom. The molecular weight excluding hydrogens is 378 g/mol. The second kappa shape index (κ2) is 9.21. The van der Waals surface area contributed by atoms with Gasteiger partial charge in [-0.05, 0) is 43.2 Å². The Balaban J connectivity index is 1.38. The molecule has 3 N–H and O–H groups in total. The first-order chi connectivity index (χ1) is 14.7. The first-order valence-corrected chi connectivity index (χ1v) is 10.1. The van der Waals surface area contributed by atoms with Crippen molar-refractivity contribution in [2.75, 3.05) is 35.7 Å². The molecule has 0 bridgehead atoms. The van der Waals surface area contributed by atoms with Crippen LogP contribution in [0.25, 0.3) is 0 Å². The molecule has 8 nitrogen and oxygen atoms in total. The number of rotatable bonds is 6. The van der Waals surface area contributed by atoms with Crippen molar-refractivity contribution in [3.05, 3.63) is 66.5 Å². The molecule has 0 spiro atoms. The molecule has 154 valence electrons. The van der Waals surface area contributed by atoms with E-state index in [0.717, 1.165) is 37.3 Å². The molecule has 2 aromatic carbocycles. The molecule has 1 aromatic heterocycles. The number of carbonyl (C=O) groups excluding carboxylic acids is 1. The fraction of sp³-hybridized carbons (Fsp3) is 0.273. The summed E-state index contributed by atoms with van der Waals surface area (Å²) in [6, 6.07) is 18.0. The van der Waals surface area contributed by atoms with Gasteiger partial charge in [-0.25, -0.2) is 9.97 Å². The highest BCUT2D eigenvalue weighted by Gasteiger charge is 2.21. The Labute approximate surface area is 175 Å². The first kappa shape index (κ1) is 19.6. The van der Waals surface area contributed by atoms with Crippen LogP contribution in [0.5, 0.6) is 0 Å². The highest BCUT2D eigenvalue weighted by atomic mass is 16.1. The van der Waals surface area contributed by atoms with E-state index in [1.807, 2.05) is 30.3 Å². The smallest absolute Gasteiger partial charge is 0.251 e. The SMILES string of the molecule is CNC(=O)c1cccc(Nc2ncnc(N3CCC(Nc4ccccc4)CC3)n2)c1. The third-order valence-electron chi connectivity index (χ3n) is 5.09. The minimum absolute atomic E-state index is 0.137. The maximum atomic E-state index is 11.8. The molecule has 8 heteroatoms. The number of piperidine rings is 1. The molecule has 1 aliphatic heterocycles. The molecule has 30 heavy (non-hydrogen) atoms. The quantitative estimate of drug-likeness (QED) is 0.582. The van der Waals surface area contributed by atoms with E-state index in [4.69, 9.17) is 0 Å². The highest BCUT2D eigenvalue weighted by molar-refractivity contribution is 5.95. The fourth-order valence-electron chi connectivity index (χ4n) is 3.51. The number of aromatic nitrogens is 3. The second-order valence-electron chi connectivity index (χ2n) is 7.17. The van der Waals surface area contributed by atoms with Crippen molar-refractivity contribution in [3.63, 3.8) is 0 Å². The van der Waals surface area contributed by atoms with Gasteiger partial charge in [0.15, 0.2) is 0 Å². The number of nitrogens with one attached hydrogen (secondary N) is 3. The minimum Gasteiger partial charge on any atom is -0.382 e. The van der Waals surface area contributed by atoms with Gasteiger partial charge in [0, 0.05) is 43.1 Å². The Kier molecular flexibility index (Phi) is 6.03. The number of amides is 1.